The van der Waals surface area contributed by atoms with E-state index in [-0.39, 0.29) is 17.8 Å². The maximum atomic E-state index is 10.9. The van der Waals surface area contributed by atoms with Gasteiger partial charge in [-0.2, -0.15) is 0 Å². The lowest BCUT2D eigenvalue weighted by atomic mass is 9.95. The van der Waals surface area contributed by atoms with Crippen molar-refractivity contribution >= 4 is 13.8 Å². The molecular formula is C6H12BNO. The van der Waals surface area contributed by atoms with Crippen LogP contribution in [0.5, 0.6) is 0 Å². The highest BCUT2D eigenvalue weighted by molar-refractivity contribution is 6.10. The Hall–Kier alpha value is -0.465. The van der Waals surface area contributed by atoms with E-state index in [2.05, 4.69) is 5.32 Å². The Morgan fingerprint density at radius 3 is 2.11 bits per heavy atom. The number of amides is 1. The van der Waals surface area contributed by atoms with Crippen LogP contribution in [-0.4, -0.2) is 20.2 Å². The first-order valence-corrected chi connectivity index (χ1v) is 2.97. The highest BCUT2D eigenvalue weighted by Crippen LogP contribution is 2.11. The molecule has 0 rings (SSSR count). The van der Waals surface area contributed by atoms with Crippen molar-refractivity contribution in [2.45, 2.75) is 20.8 Å². The first-order chi connectivity index (χ1) is 3.98. The Balaban J connectivity index is 3.74. The van der Waals surface area contributed by atoms with Gasteiger partial charge >= 0.3 is 0 Å². The predicted octanol–water partition coefficient (Wildman–Crippen LogP) is 0.275. The third-order valence-electron chi connectivity index (χ3n) is 0.944. The van der Waals surface area contributed by atoms with E-state index in [1.165, 1.54) is 0 Å². The molecule has 0 spiro atoms. The van der Waals surface area contributed by atoms with Crippen molar-refractivity contribution in [3.05, 3.63) is 0 Å². The van der Waals surface area contributed by atoms with Crippen molar-refractivity contribution in [1.29, 1.82) is 0 Å². The summed E-state index contributed by atoms with van der Waals surface area (Å²) in [6, 6.07) is 0. The molecule has 0 aliphatic rings. The molecule has 2 radical (unpaired) electrons. The van der Waals surface area contributed by atoms with Gasteiger partial charge in [-0.1, -0.05) is 20.8 Å². The van der Waals surface area contributed by atoms with Crippen LogP contribution in [0.25, 0.3) is 0 Å². The van der Waals surface area contributed by atoms with Gasteiger partial charge in [0, 0.05) is 5.41 Å². The number of hydrogen-bond donors (Lipinski definition) is 1. The third-order valence-corrected chi connectivity index (χ3v) is 0.944. The molecule has 0 unspecified atom stereocenters. The zero-order valence-electron chi connectivity index (χ0n) is 6.19. The van der Waals surface area contributed by atoms with E-state index in [4.69, 9.17) is 7.85 Å². The zero-order valence-corrected chi connectivity index (χ0v) is 6.19. The lowest BCUT2D eigenvalue weighted by molar-refractivity contribution is -0.128. The fraction of sp³-hybridized carbons (Fsp3) is 0.833. The SMILES string of the molecule is [B]CNC(=O)C(C)(C)C. The Kier molecular flexibility index (Phi) is 2.75. The average Bonchev–Trinajstić information content (AvgIpc) is 1.64. The van der Waals surface area contributed by atoms with Crippen LogP contribution in [0.2, 0.25) is 0 Å². The fourth-order valence-corrected chi connectivity index (χ4v) is 0.358. The molecule has 50 valence electrons. The van der Waals surface area contributed by atoms with Gasteiger partial charge in [0.2, 0.25) is 5.91 Å². The van der Waals surface area contributed by atoms with Gasteiger partial charge in [0.15, 0.2) is 0 Å². The van der Waals surface area contributed by atoms with Gasteiger partial charge in [0.25, 0.3) is 0 Å². The number of hydrogen-bond acceptors (Lipinski definition) is 1. The van der Waals surface area contributed by atoms with Crippen molar-refractivity contribution in [3.63, 3.8) is 0 Å². The average molecular weight is 125 g/mol. The topological polar surface area (TPSA) is 29.1 Å². The summed E-state index contributed by atoms with van der Waals surface area (Å²) >= 11 is 0. The molecule has 0 aliphatic heterocycles. The van der Waals surface area contributed by atoms with Gasteiger partial charge in [-0.05, 0) is 6.44 Å². The van der Waals surface area contributed by atoms with Crippen molar-refractivity contribution in [2.24, 2.45) is 5.41 Å². The molecule has 0 aromatic rings. The normalized spacial score (nSPS) is 11.0. The molecule has 0 fully saturated rings. The minimum Gasteiger partial charge on any atom is -0.365 e. The number of carbonyl (C=O) groups excluding carboxylic acids is 1. The number of rotatable bonds is 1. The standard InChI is InChI=1S/C6H12BNO/c1-6(2,3)5(9)8-4-7/h4H2,1-3H3,(H,8,9). The fourth-order valence-electron chi connectivity index (χ4n) is 0.358. The Bertz CT molecular complexity index is 106. The quantitative estimate of drug-likeness (QED) is 0.501. The predicted molar refractivity (Wildman–Crippen MR) is 38.2 cm³/mol. The Labute approximate surface area is 57.4 Å². The largest absolute Gasteiger partial charge is 0.365 e. The molecule has 0 aliphatic carbocycles. The summed E-state index contributed by atoms with van der Waals surface area (Å²) < 4.78 is 0. The second kappa shape index (κ2) is 2.90. The van der Waals surface area contributed by atoms with E-state index < -0.39 is 0 Å². The van der Waals surface area contributed by atoms with Crippen LogP contribution in [0.15, 0.2) is 0 Å². The summed E-state index contributed by atoms with van der Waals surface area (Å²) in [4.78, 5) is 10.9. The van der Waals surface area contributed by atoms with E-state index in [9.17, 15) is 4.79 Å². The van der Waals surface area contributed by atoms with Crippen LogP contribution in [0.3, 0.4) is 0 Å². The van der Waals surface area contributed by atoms with E-state index in [1.807, 2.05) is 20.8 Å². The maximum absolute atomic E-state index is 10.9. The summed E-state index contributed by atoms with van der Waals surface area (Å²) in [5.41, 5.74) is -0.320. The van der Waals surface area contributed by atoms with Crippen LogP contribution < -0.4 is 5.32 Å². The minimum atomic E-state index is -0.320. The third kappa shape index (κ3) is 3.17. The Morgan fingerprint density at radius 2 is 2.00 bits per heavy atom. The second-order valence-electron chi connectivity index (χ2n) is 2.96. The molecule has 0 saturated carbocycles. The molecule has 0 aromatic carbocycles. The molecule has 1 amide bonds. The van der Waals surface area contributed by atoms with Gasteiger partial charge in [-0.15, -0.1) is 0 Å². The highest BCUT2D eigenvalue weighted by atomic mass is 16.2. The molecule has 0 atom stereocenters. The molecule has 0 aromatic heterocycles. The lowest BCUT2D eigenvalue weighted by Gasteiger charge is -2.16. The van der Waals surface area contributed by atoms with Crippen LogP contribution in [0.4, 0.5) is 0 Å². The summed E-state index contributed by atoms with van der Waals surface area (Å²) in [6.07, 6.45) is 0.218. The smallest absolute Gasteiger partial charge is 0.224 e. The van der Waals surface area contributed by atoms with Gasteiger partial charge in [0.05, 0.1) is 7.85 Å². The second-order valence-corrected chi connectivity index (χ2v) is 2.96. The molecular weight excluding hydrogens is 113 g/mol. The van der Waals surface area contributed by atoms with Gasteiger partial charge in [-0.25, -0.2) is 0 Å². The van der Waals surface area contributed by atoms with E-state index in [0.717, 1.165) is 0 Å². The summed E-state index contributed by atoms with van der Waals surface area (Å²) in [7, 11) is 5.09. The highest BCUT2D eigenvalue weighted by Gasteiger charge is 2.19. The minimum absolute atomic E-state index is 0.00926. The molecule has 1 N–H and O–H groups in total. The van der Waals surface area contributed by atoms with Crippen LogP contribution in [0, 0.1) is 5.41 Å². The number of nitrogens with one attached hydrogen (secondary N) is 1. The summed E-state index contributed by atoms with van der Waals surface area (Å²) in [5.74, 6) is -0.00926. The molecule has 0 saturated heterocycles. The first kappa shape index (κ1) is 8.53. The summed E-state index contributed by atoms with van der Waals surface area (Å²) in [6.45, 7) is 5.54. The lowest BCUT2D eigenvalue weighted by Crippen LogP contribution is -2.35. The maximum Gasteiger partial charge on any atom is 0.224 e. The van der Waals surface area contributed by atoms with Crippen molar-refractivity contribution in [3.8, 4) is 0 Å². The zero-order chi connectivity index (χ0) is 7.49. The van der Waals surface area contributed by atoms with Crippen molar-refractivity contribution in [1.82, 2.24) is 5.32 Å². The van der Waals surface area contributed by atoms with E-state index >= 15 is 0 Å². The van der Waals surface area contributed by atoms with Gasteiger partial charge in [0.1, 0.15) is 0 Å². The Morgan fingerprint density at radius 1 is 1.56 bits per heavy atom. The first-order valence-electron chi connectivity index (χ1n) is 2.97. The van der Waals surface area contributed by atoms with Crippen molar-refractivity contribution < 1.29 is 4.79 Å². The molecule has 3 heteroatoms. The number of carbonyl (C=O) groups is 1. The van der Waals surface area contributed by atoms with Crippen LogP contribution in [0.1, 0.15) is 20.8 Å². The monoisotopic (exact) mass is 125 g/mol. The molecule has 0 bridgehead atoms. The van der Waals surface area contributed by atoms with Crippen LogP contribution >= 0.6 is 0 Å². The van der Waals surface area contributed by atoms with E-state index in [1.54, 1.807) is 0 Å². The van der Waals surface area contributed by atoms with Crippen LogP contribution in [-0.2, 0) is 4.79 Å². The molecule has 9 heavy (non-hydrogen) atoms. The molecule has 0 heterocycles. The van der Waals surface area contributed by atoms with Gasteiger partial charge < -0.3 is 5.32 Å². The molecule has 2 nitrogen and oxygen atoms in total. The van der Waals surface area contributed by atoms with Gasteiger partial charge in [-0.3, -0.25) is 4.79 Å². The van der Waals surface area contributed by atoms with E-state index in [0.29, 0.717) is 0 Å². The van der Waals surface area contributed by atoms with Crippen molar-refractivity contribution in [2.75, 3.05) is 6.44 Å². The summed E-state index contributed by atoms with van der Waals surface area (Å²) in [5, 5.41) is 2.52.